The summed E-state index contributed by atoms with van der Waals surface area (Å²) >= 11 is 0. The maximum atomic E-state index is 9.25. The number of nitrogens with zero attached hydrogens (tertiary/aromatic N) is 1. The van der Waals surface area contributed by atoms with Crippen molar-refractivity contribution in [2.45, 2.75) is 31.9 Å². The SMILES string of the molecule is CC(O)c1ccc(NC2CC2)nc1. The lowest BCUT2D eigenvalue weighted by atomic mass is 10.2. The standard InChI is InChI=1S/C10H14N2O/c1-7(13)8-2-5-10(11-6-8)12-9-3-4-9/h2,5-7,9,13H,3-4H2,1H3,(H,11,12). The largest absolute Gasteiger partial charge is 0.389 e. The first-order valence-electron chi connectivity index (χ1n) is 4.66. The van der Waals surface area contributed by atoms with Crippen molar-refractivity contribution >= 4 is 5.82 Å². The molecule has 3 nitrogen and oxygen atoms in total. The van der Waals surface area contributed by atoms with Crippen LogP contribution in [0.1, 0.15) is 31.4 Å². The van der Waals surface area contributed by atoms with Crippen LogP contribution >= 0.6 is 0 Å². The van der Waals surface area contributed by atoms with Crippen LogP contribution < -0.4 is 5.32 Å². The minimum atomic E-state index is -0.428. The lowest BCUT2D eigenvalue weighted by Crippen LogP contribution is -2.03. The highest BCUT2D eigenvalue weighted by molar-refractivity contribution is 5.38. The Balaban J connectivity index is 2.04. The van der Waals surface area contributed by atoms with Crippen molar-refractivity contribution in [3.05, 3.63) is 23.9 Å². The van der Waals surface area contributed by atoms with Gasteiger partial charge in [0.1, 0.15) is 5.82 Å². The summed E-state index contributed by atoms with van der Waals surface area (Å²) in [5.41, 5.74) is 0.862. The second-order valence-corrected chi connectivity index (χ2v) is 3.57. The van der Waals surface area contributed by atoms with Crippen LogP contribution in [0.3, 0.4) is 0 Å². The van der Waals surface area contributed by atoms with Gasteiger partial charge in [0.2, 0.25) is 0 Å². The van der Waals surface area contributed by atoms with Gasteiger partial charge in [-0.3, -0.25) is 0 Å². The molecule has 1 aliphatic rings. The summed E-state index contributed by atoms with van der Waals surface area (Å²) in [6.45, 7) is 1.74. The average molecular weight is 178 g/mol. The molecule has 70 valence electrons. The van der Waals surface area contributed by atoms with Gasteiger partial charge in [0.15, 0.2) is 0 Å². The molecule has 0 radical (unpaired) electrons. The van der Waals surface area contributed by atoms with Crippen molar-refractivity contribution < 1.29 is 5.11 Å². The summed E-state index contributed by atoms with van der Waals surface area (Å²) in [4.78, 5) is 4.21. The van der Waals surface area contributed by atoms with Gasteiger partial charge in [0, 0.05) is 12.2 Å². The topological polar surface area (TPSA) is 45.1 Å². The summed E-state index contributed by atoms with van der Waals surface area (Å²) in [5, 5.41) is 12.5. The predicted octanol–water partition coefficient (Wildman–Crippen LogP) is 1.71. The molecule has 0 bridgehead atoms. The quantitative estimate of drug-likeness (QED) is 0.740. The molecule has 2 rings (SSSR count). The molecule has 0 amide bonds. The fourth-order valence-corrected chi connectivity index (χ4v) is 1.17. The number of anilines is 1. The molecular weight excluding hydrogens is 164 g/mol. The van der Waals surface area contributed by atoms with Gasteiger partial charge in [-0.1, -0.05) is 6.07 Å². The molecule has 1 atom stereocenters. The molecule has 1 aromatic rings. The molecule has 2 N–H and O–H groups in total. The van der Waals surface area contributed by atoms with Crippen molar-refractivity contribution in [1.82, 2.24) is 4.98 Å². The number of aromatic nitrogens is 1. The number of aliphatic hydroxyl groups excluding tert-OH is 1. The summed E-state index contributed by atoms with van der Waals surface area (Å²) in [6.07, 6.45) is 3.79. The number of rotatable bonds is 3. The van der Waals surface area contributed by atoms with Crippen LogP contribution in [-0.4, -0.2) is 16.1 Å². The second-order valence-electron chi connectivity index (χ2n) is 3.57. The third kappa shape index (κ3) is 2.18. The van der Waals surface area contributed by atoms with Gasteiger partial charge in [-0.25, -0.2) is 4.98 Å². The third-order valence-electron chi connectivity index (χ3n) is 2.20. The maximum absolute atomic E-state index is 9.25. The molecule has 1 heterocycles. The highest BCUT2D eigenvalue weighted by Gasteiger charge is 2.20. The van der Waals surface area contributed by atoms with Crippen LogP contribution in [0, 0.1) is 0 Å². The molecule has 0 spiro atoms. The minimum absolute atomic E-state index is 0.428. The van der Waals surface area contributed by atoms with E-state index in [0.717, 1.165) is 11.4 Å². The van der Waals surface area contributed by atoms with Crippen molar-refractivity contribution in [3.63, 3.8) is 0 Å². The van der Waals surface area contributed by atoms with Crippen molar-refractivity contribution in [1.29, 1.82) is 0 Å². The summed E-state index contributed by atoms with van der Waals surface area (Å²) in [6, 6.07) is 4.45. The second kappa shape index (κ2) is 3.34. The third-order valence-corrected chi connectivity index (χ3v) is 2.20. The number of nitrogens with one attached hydrogen (secondary N) is 1. The lowest BCUT2D eigenvalue weighted by Gasteiger charge is -2.06. The minimum Gasteiger partial charge on any atom is -0.389 e. The number of pyridine rings is 1. The Bertz CT molecular complexity index is 277. The van der Waals surface area contributed by atoms with Crippen molar-refractivity contribution in [2.75, 3.05) is 5.32 Å². The molecule has 3 heteroatoms. The fourth-order valence-electron chi connectivity index (χ4n) is 1.17. The van der Waals surface area contributed by atoms with Gasteiger partial charge in [-0.2, -0.15) is 0 Å². The average Bonchev–Trinajstić information content (AvgIpc) is 2.89. The highest BCUT2D eigenvalue weighted by atomic mass is 16.3. The predicted molar refractivity (Wildman–Crippen MR) is 51.5 cm³/mol. The van der Waals surface area contributed by atoms with Gasteiger partial charge < -0.3 is 10.4 Å². The zero-order valence-electron chi connectivity index (χ0n) is 7.70. The number of hydrogen-bond acceptors (Lipinski definition) is 3. The number of aliphatic hydroxyl groups is 1. The monoisotopic (exact) mass is 178 g/mol. The fraction of sp³-hybridized carbons (Fsp3) is 0.500. The van der Waals surface area contributed by atoms with E-state index in [2.05, 4.69) is 10.3 Å². The van der Waals surface area contributed by atoms with Gasteiger partial charge in [0.25, 0.3) is 0 Å². The molecule has 1 aromatic heterocycles. The summed E-state index contributed by atoms with van der Waals surface area (Å²) < 4.78 is 0. The smallest absolute Gasteiger partial charge is 0.126 e. The first-order valence-corrected chi connectivity index (χ1v) is 4.66. The maximum Gasteiger partial charge on any atom is 0.126 e. The molecule has 0 aliphatic heterocycles. The molecule has 1 fully saturated rings. The Morgan fingerprint density at radius 1 is 1.54 bits per heavy atom. The Morgan fingerprint density at radius 3 is 2.77 bits per heavy atom. The van der Waals surface area contributed by atoms with Crippen LogP contribution in [0.15, 0.2) is 18.3 Å². The highest BCUT2D eigenvalue weighted by Crippen LogP contribution is 2.23. The Morgan fingerprint density at radius 2 is 2.31 bits per heavy atom. The van der Waals surface area contributed by atoms with Gasteiger partial charge >= 0.3 is 0 Å². The molecular formula is C10H14N2O. The lowest BCUT2D eigenvalue weighted by molar-refractivity contribution is 0.199. The van der Waals surface area contributed by atoms with Crippen LogP contribution in [0.4, 0.5) is 5.82 Å². The van der Waals surface area contributed by atoms with E-state index in [-0.39, 0.29) is 0 Å². The van der Waals surface area contributed by atoms with Crippen molar-refractivity contribution in [2.24, 2.45) is 0 Å². The zero-order valence-corrected chi connectivity index (χ0v) is 7.70. The molecule has 0 aromatic carbocycles. The molecule has 13 heavy (non-hydrogen) atoms. The van der Waals surface area contributed by atoms with Crippen LogP contribution in [0.5, 0.6) is 0 Å². The van der Waals surface area contributed by atoms with E-state index in [9.17, 15) is 5.11 Å². The Labute approximate surface area is 77.8 Å². The van der Waals surface area contributed by atoms with Gasteiger partial charge in [-0.15, -0.1) is 0 Å². The van der Waals surface area contributed by atoms with E-state index in [1.165, 1.54) is 12.8 Å². The van der Waals surface area contributed by atoms with E-state index in [0.29, 0.717) is 6.04 Å². The summed E-state index contributed by atoms with van der Waals surface area (Å²) in [5.74, 6) is 0.909. The van der Waals surface area contributed by atoms with Crippen LogP contribution in [0.25, 0.3) is 0 Å². The van der Waals surface area contributed by atoms with E-state index >= 15 is 0 Å². The first kappa shape index (κ1) is 8.51. The van der Waals surface area contributed by atoms with E-state index in [1.54, 1.807) is 13.1 Å². The molecule has 0 saturated heterocycles. The van der Waals surface area contributed by atoms with E-state index in [4.69, 9.17) is 0 Å². The Kier molecular flexibility index (Phi) is 2.19. The van der Waals surface area contributed by atoms with E-state index in [1.807, 2.05) is 12.1 Å². The molecule has 1 aliphatic carbocycles. The molecule has 1 saturated carbocycles. The number of hydrogen-bond donors (Lipinski definition) is 2. The normalized spacial score (nSPS) is 18.3. The first-order chi connectivity index (χ1) is 6.25. The van der Waals surface area contributed by atoms with Gasteiger partial charge in [0.05, 0.1) is 6.10 Å². The van der Waals surface area contributed by atoms with Crippen LogP contribution in [-0.2, 0) is 0 Å². The molecule has 1 unspecified atom stereocenters. The van der Waals surface area contributed by atoms with Gasteiger partial charge in [-0.05, 0) is 31.4 Å². The zero-order chi connectivity index (χ0) is 9.26. The van der Waals surface area contributed by atoms with Crippen molar-refractivity contribution in [3.8, 4) is 0 Å². The summed E-state index contributed by atoms with van der Waals surface area (Å²) in [7, 11) is 0. The Hall–Kier alpha value is -1.09. The van der Waals surface area contributed by atoms with Crippen LogP contribution in [0.2, 0.25) is 0 Å². The van der Waals surface area contributed by atoms with E-state index < -0.39 is 6.10 Å².